The zero-order chi connectivity index (χ0) is 14.8. The Hall–Kier alpha value is -2.69. The van der Waals surface area contributed by atoms with Gasteiger partial charge < -0.3 is 21.5 Å². The number of carbonyl (C=O) groups excluding carboxylic acids is 1. The van der Waals surface area contributed by atoms with E-state index in [2.05, 4.69) is 5.32 Å². The lowest BCUT2D eigenvalue weighted by molar-refractivity contribution is 0.100. The Balaban J connectivity index is 1.93. The normalized spacial score (nSPS) is 16.7. The van der Waals surface area contributed by atoms with E-state index in [1.165, 1.54) is 0 Å². The van der Waals surface area contributed by atoms with Crippen molar-refractivity contribution in [2.75, 3.05) is 17.7 Å². The summed E-state index contributed by atoms with van der Waals surface area (Å²) in [6.45, 7) is 0.634. The summed E-state index contributed by atoms with van der Waals surface area (Å²) in [5.41, 5.74) is 13.8. The minimum Gasteiger partial charge on any atom is -0.493 e. The number of benzene rings is 2. The van der Waals surface area contributed by atoms with E-state index in [4.69, 9.17) is 16.2 Å². The molecule has 1 heterocycles. The number of hydrogen-bond acceptors (Lipinski definition) is 4. The number of anilines is 2. The van der Waals surface area contributed by atoms with E-state index < -0.39 is 5.91 Å². The van der Waals surface area contributed by atoms with Gasteiger partial charge in [0.2, 0.25) is 0 Å². The van der Waals surface area contributed by atoms with Crippen LogP contribution in [0.5, 0.6) is 5.75 Å². The summed E-state index contributed by atoms with van der Waals surface area (Å²) in [5.74, 6) is 0.377. The summed E-state index contributed by atoms with van der Waals surface area (Å²) in [5, 5.41) is 3.38. The molecule has 1 amide bonds. The van der Waals surface area contributed by atoms with E-state index in [9.17, 15) is 4.79 Å². The van der Waals surface area contributed by atoms with E-state index in [1.807, 2.05) is 24.3 Å². The molecule has 21 heavy (non-hydrogen) atoms. The summed E-state index contributed by atoms with van der Waals surface area (Å²) in [4.78, 5) is 11.6. The molecule has 0 aliphatic carbocycles. The van der Waals surface area contributed by atoms with Gasteiger partial charge in [-0.05, 0) is 24.3 Å². The molecule has 0 radical (unpaired) electrons. The minimum atomic E-state index is -0.495. The van der Waals surface area contributed by atoms with Crippen LogP contribution >= 0.6 is 0 Å². The van der Waals surface area contributed by atoms with Crippen LogP contribution in [-0.4, -0.2) is 12.5 Å². The van der Waals surface area contributed by atoms with Crippen LogP contribution in [0.3, 0.4) is 0 Å². The highest BCUT2D eigenvalue weighted by molar-refractivity contribution is 5.99. The molecular weight excluding hydrogens is 266 g/mol. The molecule has 5 nitrogen and oxygen atoms in total. The second-order valence-electron chi connectivity index (χ2n) is 5.04. The molecule has 0 saturated heterocycles. The second kappa shape index (κ2) is 5.36. The van der Waals surface area contributed by atoms with E-state index in [0.29, 0.717) is 23.5 Å². The second-order valence-corrected chi connectivity index (χ2v) is 5.04. The number of para-hydroxylation sites is 1. The Morgan fingerprint density at radius 2 is 2.05 bits per heavy atom. The molecule has 2 aromatic rings. The Morgan fingerprint density at radius 1 is 1.24 bits per heavy atom. The molecule has 0 saturated carbocycles. The van der Waals surface area contributed by atoms with Crippen molar-refractivity contribution in [1.29, 1.82) is 0 Å². The van der Waals surface area contributed by atoms with E-state index >= 15 is 0 Å². The van der Waals surface area contributed by atoms with Crippen LogP contribution in [0.1, 0.15) is 28.4 Å². The predicted octanol–water partition coefficient (Wildman–Crippen LogP) is 2.30. The maximum atomic E-state index is 11.6. The highest BCUT2D eigenvalue weighted by Gasteiger charge is 2.22. The standard InChI is InChI=1S/C16H17N3O2/c17-10-5-6-13(12(9-10)16(18)20)19-14-7-8-21-15-4-2-1-3-11(14)15/h1-6,9,14,19H,7-8,17H2,(H2,18,20). The van der Waals surface area contributed by atoms with Gasteiger partial charge in [0, 0.05) is 23.4 Å². The summed E-state index contributed by atoms with van der Waals surface area (Å²) >= 11 is 0. The highest BCUT2D eigenvalue weighted by atomic mass is 16.5. The average molecular weight is 283 g/mol. The third-order valence-corrected chi connectivity index (χ3v) is 3.60. The summed E-state index contributed by atoms with van der Waals surface area (Å²) in [6.07, 6.45) is 0.819. The number of nitrogens with two attached hydrogens (primary N) is 2. The van der Waals surface area contributed by atoms with Gasteiger partial charge in [-0.25, -0.2) is 0 Å². The first-order valence-corrected chi connectivity index (χ1v) is 6.83. The van der Waals surface area contributed by atoms with Gasteiger partial charge in [-0.1, -0.05) is 18.2 Å². The van der Waals surface area contributed by atoms with Gasteiger partial charge in [0.05, 0.1) is 18.2 Å². The number of primary amides is 1. The number of carbonyl (C=O) groups is 1. The number of hydrogen-bond donors (Lipinski definition) is 3. The van der Waals surface area contributed by atoms with Crippen LogP contribution in [0.25, 0.3) is 0 Å². The van der Waals surface area contributed by atoms with E-state index in [1.54, 1.807) is 18.2 Å². The molecule has 0 spiro atoms. The van der Waals surface area contributed by atoms with Gasteiger partial charge in [0.15, 0.2) is 0 Å². The highest BCUT2D eigenvalue weighted by Crippen LogP contribution is 2.34. The minimum absolute atomic E-state index is 0.0803. The van der Waals surface area contributed by atoms with Crippen molar-refractivity contribution < 1.29 is 9.53 Å². The smallest absolute Gasteiger partial charge is 0.250 e. The van der Waals surface area contributed by atoms with Crippen molar-refractivity contribution in [2.24, 2.45) is 5.73 Å². The van der Waals surface area contributed by atoms with Gasteiger partial charge in [0.1, 0.15) is 5.75 Å². The van der Waals surface area contributed by atoms with Crippen molar-refractivity contribution in [3.8, 4) is 5.75 Å². The van der Waals surface area contributed by atoms with Crippen molar-refractivity contribution in [3.63, 3.8) is 0 Å². The average Bonchev–Trinajstić information content (AvgIpc) is 2.49. The molecule has 5 N–H and O–H groups in total. The van der Waals surface area contributed by atoms with Crippen molar-refractivity contribution in [1.82, 2.24) is 0 Å². The number of rotatable bonds is 3. The maximum absolute atomic E-state index is 11.6. The van der Waals surface area contributed by atoms with Crippen LogP contribution < -0.4 is 21.5 Å². The van der Waals surface area contributed by atoms with E-state index in [0.717, 1.165) is 17.7 Å². The SMILES string of the molecule is NC(=O)c1cc(N)ccc1NC1CCOc2ccccc21. The summed E-state index contributed by atoms with van der Waals surface area (Å²) in [7, 11) is 0. The van der Waals surface area contributed by atoms with Crippen LogP contribution in [0.15, 0.2) is 42.5 Å². The van der Waals surface area contributed by atoms with Gasteiger partial charge in [-0.3, -0.25) is 4.79 Å². The fraction of sp³-hybridized carbons (Fsp3) is 0.188. The quantitative estimate of drug-likeness (QED) is 0.754. The summed E-state index contributed by atoms with van der Waals surface area (Å²) < 4.78 is 5.64. The zero-order valence-electron chi connectivity index (χ0n) is 11.5. The molecule has 1 aliphatic heterocycles. The van der Waals surface area contributed by atoms with E-state index in [-0.39, 0.29) is 6.04 Å². The van der Waals surface area contributed by atoms with Crippen LogP contribution in [0.4, 0.5) is 11.4 Å². The van der Waals surface area contributed by atoms with Crippen molar-refractivity contribution in [2.45, 2.75) is 12.5 Å². The van der Waals surface area contributed by atoms with Gasteiger partial charge >= 0.3 is 0 Å². The van der Waals surface area contributed by atoms with Crippen LogP contribution in [0, 0.1) is 0 Å². The first-order chi connectivity index (χ1) is 10.1. The molecule has 5 heteroatoms. The largest absolute Gasteiger partial charge is 0.493 e. The molecular formula is C16H17N3O2. The monoisotopic (exact) mass is 283 g/mol. The molecule has 0 bridgehead atoms. The van der Waals surface area contributed by atoms with Gasteiger partial charge in [-0.2, -0.15) is 0 Å². The van der Waals surface area contributed by atoms with Crippen molar-refractivity contribution >= 4 is 17.3 Å². The Labute approximate surface area is 122 Å². The molecule has 1 unspecified atom stereocenters. The lowest BCUT2D eigenvalue weighted by Gasteiger charge is -2.28. The molecule has 108 valence electrons. The number of fused-ring (bicyclic) bond motifs is 1. The number of nitrogens with one attached hydrogen (secondary N) is 1. The third-order valence-electron chi connectivity index (χ3n) is 3.60. The Bertz CT molecular complexity index is 685. The first kappa shape index (κ1) is 13.3. The number of amides is 1. The Kier molecular flexibility index (Phi) is 3.39. The zero-order valence-corrected chi connectivity index (χ0v) is 11.5. The van der Waals surface area contributed by atoms with Crippen LogP contribution in [0.2, 0.25) is 0 Å². The fourth-order valence-electron chi connectivity index (χ4n) is 2.57. The third kappa shape index (κ3) is 2.63. The maximum Gasteiger partial charge on any atom is 0.250 e. The fourth-order valence-corrected chi connectivity index (χ4v) is 2.57. The number of ether oxygens (including phenoxy) is 1. The van der Waals surface area contributed by atoms with Crippen molar-refractivity contribution in [3.05, 3.63) is 53.6 Å². The molecule has 1 aliphatic rings. The first-order valence-electron chi connectivity index (χ1n) is 6.83. The van der Waals surface area contributed by atoms with Crippen LogP contribution in [-0.2, 0) is 0 Å². The molecule has 2 aromatic carbocycles. The summed E-state index contributed by atoms with van der Waals surface area (Å²) in [6, 6.07) is 13.1. The lowest BCUT2D eigenvalue weighted by Crippen LogP contribution is -2.22. The lowest BCUT2D eigenvalue weighted by atomic mass is 9.99. The van der Waals surface area contributed by atoms with Gasteiger partial charge in [0.25, 0.3) is 5.91 Å². The molecule has 3 rings (SSSR count). The Morgan fingerprint density at radius 3 is 2.86 bits per heavy atom. The predicted molar refractivity (Wildman–Crippen MR) is 82.3 cm³/mol. The number of nitrogen functional groups attached to an aromatic ring is 1. The topological polar surface area (TPSA) is 90.4 Å². The van der Waals surface area contributed by atoms with Gasteiger partial charge in [-0.15, -0.1) is 0 Å². The molecule has 1 atom stereocenters. The molecule has 0 aromatic heterocycles. The molecule has 0 fully saturated rings.